The zero-order valence-corrected chi connectivity index (χ0v) is 21.3. The van der Waals surface area contributed by atoms with Gasteiger partial charge in [0.2, 0.25) is 5.91 Å². The van der Waals surface area contributed by atoms with Gasteiger partial charge in [0, 0.05) is 37.9 Å². The molecule has 0 aliphatic rings. The number of hydrogen-bond acceptors (Lipinski definition) is 6. The van der Waals surface area contributed by atoms with Gasteiger partial charge in [0.25, 0.3) is 0 Å². The second-order valence-electron chi connectivity index (χ2n) is 8.20. The lowest BCUT2D eigenvalue weighted by Crippen LogP contribution is -2.32. The van der Waals surface area contributed by atoms with Crippen molar-refractivity contribution in [2.24, 2.45) is 7.05 Å². The first-order valence-electron chi connectivity index (χ1n) is 11.1. The van der Waals surface area contributed by atoms with E-state index in [2.05, 4.69) is 47.3 Å². The van der Waals surface area contributed by atoms with Gasteiger partial charge in [-0.2, -0.15) is 0 Å². The largest absolute Gasteiger partial charge is 0.497 e. The second kappa shape index (κ2) is 10.7. The molecule has 0 saturated heterocycles. The van der Waals surface area contributed by atoms with Crippen LogP contribution in [0.5, 0.6) is 11.5 Å². The molecule has 35 heavy (non-hydrogen) atoms. The highest BCUT2D eigenvalue weighted by atomic mass is 32.2. The number of aryl methyl sites for hydroxylation is 3. The molecule has 1 N–H and O–H groups in total. The van der Waals surface area contributed by atoms with E-state index in [-0.39, 0.29) is 11.7 Å². The van der Waals surface area contributed by atoms with Gasteiger partial charge in [0.15, 0.2) is 5.16 Å². The van der Waals surface area contributed by atoms with Crippen molar-refractivity contribution in [2.75, 3.05) is 20.0 Å². The van der Waals surface area contributed by atoms with Crippen molar-refractivity contribution >= 4 is 17.7 Å². The number of amides is 1. The zero-order valence-electron chi connectivity index (χ0n) is 20.5. The van der Waals surface area contributed by atoms with Crippen LogP contribution in [0.4, 0.5) is 0 Å². The maximum atomic E-state index is 13.1. The van der Waals surface area contributed by atoms with E-state index in [1.54, 1.807) is 32.7 Å². The Morgan fingerprint density at radius 3 is 2.40 bits per heavy atom. The Bertz CT molecular complexity index is 1310. The van der Waals surface area contributed by atoms with E-state index in [4.69, 9.17) is 9.47 Å². The topological polar surface area (TPSA) is 83.2 Å². The average molecular weight is 492 g/mol. The van der Waals surface area contributed by atoms with E-state index >= 15 is 0 Å². The predicted molar refractivity (Wildman–Crippen MR) is 137 cm³/mol. The number of methoxy groups -OCH3 is 2. The van der Waals surface area contributed by atoms with Crippen molar-refractivity contribution in [3.8, 4) is 17.2 Å². The van der Waals surface area contributed by atoms with Crippen LogP contribution in [0, 0.1) is 13.8 Å². The molecule has 1 atom stereocenters. The molecule has 2 aromatic carbocycles. The van der Waals surface area contributed by atoms with Crippen LogP contribution in [-0.4, -0.2) is 45.0 Å². The minimum Gasteiger partial charge on any atom is -0.497 e. The quantitative estimate of drug-likeness (QED) is 0.353. The van der Waals surface area contributed by atoms with Gasteiger partial charge in [-0.15, -0.1) is 0 Å². The van der Waals surface area contributed by atoms with Crippen LogP contribution in [0.1, 0.15) is 28.6 Å². The summed E-state index contributed by atoms with van der Waals surface area (Å²) in [5.74, 6) is 2.04. The highest BCUT2D eigenvalue weighted by Crippen LogP contribution is 2.30. The van der Waals surface area contributed by atoms with Crippen LogP contribution in [-0.2, 0) is 11.8 Å². The molecule has 0 saturated carbocycles. The fraction of sp³-hybridized carbons (Fsp3) is 0.269. The van der Waals surface area contributed by atoms with Gasteiger partial charge >= 0.3 is 0 Å². The first-order chi connectivity index (χ1) is 16.9. The molecule has 4 rings (SSSR count). The van der Waals surface area contributed by atoms with Crippen molar-refractivity contribution in [1.82, 2.24) is 24.4 Å². The minimum atomic E-state index is -0.481. The number of imidazole rings is 2. The zero-order chi connectivity index (χ0) is 24.9. The normalized spacial score (nSPS) is 11.8. The summed E-state index contributed by atoms with van der Waals surface area (Å²) in [5, 5.41) is 3.89. The number of ether oxygens (including phenoxy) is 2. The number of aromatic nitrogens is 4. The Kier molecular flexibility index (Phi) is 7.45. The number of nitrogens with one attached hydrogen (secondary N) is 1. The molecule has 0 radical (unpaired) electrons. The van der Waals surface area contributed by atoms with E-state index in [0.717, 1.165) is 22.0 Å². The van der Waals surface area contributed by atoms with E-state index in [1.165, 1.54) is 17.3 Å². The van der Waals surface area contributed by atoms with Crippen LogP contribution in [0.15, 0.2) is 66.3 Å². The van der Waals surface area contributed by atoms with Gasteiger partial charge in [0.1, 0.15) is 23.4 Å². The molecular weight excluding hydrogens is 462 g/mol. The van der Waals surface area contributed by atoms with E-state index in [0.29, 0.717) is 17.3 Å². The number of nitrogens with zero attached hydrogens (tertiary/aromatic N) is 4. The van der Waals surface area contributed by atoms with Crippen molar-refractivity contribution in [1.29, 1.82) is 0 Å². The molecule has 0 bridgehead atoms. The van der Waals surface area contributed by atoms with E-state index < -0.39 is 6.04 Å². The standard InChI is InChI=1S/C26H29N5O3S/c1-17-6-7-18(2)22(12-17)31-11-9-28-26(31)35-16-23(32)29-24(25-27-8-10-30(25)3)19-13-20(33-4)15-21(14-19)34-5/h6-15,24H,16H2,1-5H3,(H,29,32). The number of hydrogen-bond donors (Lipinski definition) is 1. The summed E-state index contributed by atoms with van der Waals surface area (Å²) in [6.45, 7) is 4.13. The molecule has 4 aromatic rings. The molecule has 182 valence electrons. The van der Waals surface area contributed by atoms with Crippen LogP contribution < -0.4 is 14.8 Å². The maximum absolute atomic E-state index is 13.1. The molecular formula is C26H29N5O3S. The molecule has 0 aliphatic carbocycles. The van der Waals surface area contributed by atoms with E-state index in [1.807, 2.05) is 40.7 Å². The van der Waals surface area contributed by atoms with Crippen molar-refractivity contribution < 1.29 is 14.3 Å². The van der Waals surface area contributed by atoms with Gasteiger partial charge in [-0.3, -0.25) is 9.36 Å². The molecule has 2 heterocycles. The minimum absolute atomic E-state index is 0.139. The molecule has 2 aromatic heterocycles. The Balaban J connectivity index is 1.56. The van der Waals surface area contributed by atoms with Crippen LogP contribution >= 0.6 is 11.8 Å². The molecule has 0 fully saturated rings. The summed E-state index contributed by atoms with van der Waals surface area (Å²) in [7, 11) is 5.10. The SMILES string of the molecule is COc1cc(OC)cc(C(NC(=O)CSc2nccn2-c2cc(C)ccc2C)c2nccn2C)c1. The highest BCUT2D eigenvalue weighted by Gasteiger charge is 2.23. The molecule has 1 amide bonds. The number of thioether (sulfide) groups is 1. The summed E-state index contributed by atoms with van der Waals surface area (Å²) in [6, 6.07) is 11.4. The maximum Gasteiger partial charge on any atom is 0.231 e. The number of carbonyl (C=O) groups excluding carboxylic acids is 1. The Labute approximate surface area is 209 Å². The number of carbonyl (C=O) groups is 1. The van der Waals surface area contributed by atoms with Crippen molar-refractivity contribution in [2.45, 2.75) is 25.0 Å². The fourth-order valence-electron chi connectivity index (χ4n) is 3.84. The smallest absolute Gasteiger partial charge is 0.231 e. The molecule has 0 spiro atoms. The third-order valence-corrected chi connectivity index (χ3v) is 6.66. The van der Waals surface area contributed by atoms with Gasteiger partial charge in [0.05, 0.1) is 25.7 Å². The Hall–Kier alpha value is -3.72. The van der Waals surface area contributed by atoms with Crippen molar-refractivity contribution in [3.63, 3.8) is 0 Å². The lowest BCUT2D eigenvalue weighted by Gasteiger charge is -2.20. The lowest BCUT2D eigenvalue weighted by atomic mass is 10.0. The van der Waals surface area contributed by atoms with Crippen LogP contribution in [0.3, 0.4) is 0 Å². The molecule has 9 heteroatoms. The molecule has 8 nitrogen and oxygen atoms in total. The second-order valence-corrected chi connectivity index (χ2v) is 9.14. The highest BCUT2D eigenvalue weighted by molar-refractivity contribution is 7.99. The monoisotopic (exact) mass is 491 g/mol. The van der Waals surface area contributed by atoms with E-state index in [9.17, 15) is 4.79 Å². The third kappa shape index (κ3) is 5.51. The molecule has 1 unspecified atom stereocenters. The summed E-state index contributed by atoms with van der Waals surface area (Å²) >= 11 is 1.39. The third-order valence-electron chi connectivity index (χ3n) is 5.69. The lowest BCUT2D eigenvalue weighted by molar-refractivity contribution is -0.119. The first kappa shape index (κ1) is 24.4. The summed E-state index contributed by atoms with van der Waals surface area (Å²) < 4.78 is 14.8. The average Bonchev–Trinajstić information content (AvgIpc) is 3.51. The summed E-state index contributed by atoms with van der Waals surface area (Å²) in [4.78, 5) is 22.1. The summed E-state index contributed by atoms with van der Waals surface area (Å²) in [5.41, 5.74) is 4.17. The molecule has 0 aliphatic heterocycles. The van der Waals surface area contributed by atoms with Crippen LogP contribution in [0.25, 0.3) is 5.69 Å². The first-order valence-corrected chi connectivity index (χ1v) is 12.1. The van der Waals surface area contributed by atoms with Gasteiger partial charge < -0.3 is 19.4 Å². The fourth-order valence-corrected chi connectivity index (χ4v) is 4.62. The Morgan fingerprint density at radius 2 is 1.74 bits per heavy atom. The number of benzene rings is 2. The predicted octanol–water partition coefficient (Wildman–Crippen LogP) is 4.24. The summed E-state index contributed by atoms with van der Waals surface area (Å²) in [6.07, 6.45) is 7.23. The van der Waals surface area contributed by atoms with Gasteiger partial charge in [-0.1, -0.05) is 23.9 Å². The van der Waals surface area contributed by atoms with Gasteiger partial charge in [-0.05, 0) is 48.7 Å². The number of rotatable bonds is 9. The van der Waals surface area contributed by atoms with Crippen LogP contribution in [0.2, 0.25) is 0 Å². The Morgan fingerprint density at radius 1 is 1.03 bits per heavy atom. The van der Waals surface area contributed by atoms with Crippen molar-refractivity contribution in [3.05, 3.63) is 83.7 Å². The van der Waals surface area contributed by atoms with Gasteiger partial charge in [-0.25, -0.2) is 9.97 Å².